The molecule has 0 aliphatic carbocycles. The van der Waals surface area contributed by atoms with E-state index in [2.05, 4.69) is 41.4 Å². The number of furan rings is 1. The number of carbonyl (C=O) groups excluding carboxylic acids is 1. The average Bonchev–Trinajstić information content (AvgIpc) is 3.42. The van der Waals surface area contributed by atoms with E-state index < -0.39 is 11.7 Å². The van der Waals surface area contributed by atoms with Gasteiger partial charge in [-0.15, -0.1) is 5.10 Å². The highest BCUT2D eigenvalue weighted by atomic mass is 19.1. The van der Waals surface area contributed by atoms with Crippen molar-refractivity contribution in [3.05, 3.63) is 89.4 Å². The van der Waals surface area contributed by atoms with Crippen LogP contribution in [0.2, 0.25) is 0 Å². The van der Waals surface area contributed by atoms with E-state index in [9.17, 15) is 9.18 Å². The molecule has 0 saturated heterocycles. The Hall–Kier alpha value is -3.74. The molecule has 30 heavy (non-hydrogen) atoms. The van der Waals surface area contributed by atoms with Gasteiger partial charge in [-0.25, -0.2) is 4.39 Å². The number of hydrogen-bond donors (Lipinski definition) is 1. The molecule has 2 aromatic carbocycles. The van der Waals surface area contributed by atoms with Crippen molar-refractivity contribution in [1.29, 1.82) is 0 Å². The lowest BCUT2D eigenvalue weighted by Gasteiger charge is -2.09. The first-order valence-corrected chi connectivity index (χ1v) is 9.66. The Balaban J connectivity index is 1.64. The minimum Gasteiger partial charge on any atom is -0.461 e. The molecule has 0 aliphatic heterocycles. The van der Waals surface area contributed by atoms with Crippen LogP contribution in [0, 0.1) is 5.82 Å². The Bertz CT molecular complexity index is 1150. The van der Waals surface area contributed by atoms with E-state index in [1.165, 1.54) is 30.0 Å². The smallest absolute Gasteiger partial charge is 0.284 e. The summed E-state index contributed by atoms with van der Waals surface area (Å²) in [6.45, 7) is 4.71. The summed E-state index contributed by atoms with van der Waals surface area (Å²) in [5, 5.41) is 7.39. The van der Waals surface area contributed by atoms with Crippen LogP contribution in [0.3, 0.4) is 0 Å². The summed E-state index contributed by atoms with van der Waals surface area (Å²) in [4.78, 5) is 17.3. The zero-order chi connectivity index (χ0) is 21.1. The van der Waals surface area contributed by atoms with Gasteiger partial charge in [-0.2, -0.15) is 9.67 Å². The molecule has 4 rings (SSSR count). The molecule has 0 fully saturated rings. The van der Waals surface area contributed by atoms with Crippen molar-refractivity contribution < 1.29 is 13.6 Å². The van der Waals surface area contributed by atoms with Crippen molar-refractivity contribution in [3.8, 4) is 11.6 Å². The molecule has 0 spiro atoms. The number of nitrogens with zero attached hydrogens (tertiary/aromatic N) is 3. The third-order valence-corrected chi connectivity index (χ3v) is 4.74. The molecule has 0 aliphatic rings. The van der Waals surface area contributed by atoms with Crippen LogP contribution in [-0.2, 0) is 6.54 Å². The fourth-order valence-electron chi connectivity index (χ4n) is 3.03. The predicted molar refractivity (Wildman–Crippen MR) is 112 cm³/mol. The second-order valence-corrected chi connectivity index (χ2v) is 7.18. The first-order valence-electron chi connectivity index (χ1n) is 9.66. The average molecular weight is 404 g/mol. The van der Waals surface area contributed by atoms with E-state index in [0.29, 0.717) is 18.2 Å². The van der Waals surface area contributed by atoms with Gasteiger partial charge in [0, 0.05) is 6.54 Å². The molecule has 0 amide bonds. The van der Waals surface area contributed by atoms with Crippen molar-refractivity contribution in [3.63, 3.8) is 0 Å². The zero-order valence-electron chi connectivity index (χ0n) is 16.7. The standard InChI is InChI=1S/C23H21FN4O2/c1-15(2)17-11-9-16(10-12-17)14-25-23-26-21(20-8-5-13-30-20)27-28(23)22(29)18-6-3-4-7-19(18)24/h3-13,15H,14H2,1-2H3,(H,25,26,27). The number of benzene rings is 2. The number of anilines is 1. The summed E-state index contributed by atoms with van der Waals surface area (Å²) in [6, 6.07) is 17.4. The van der Waals surface area contributed by atoms with Crippen molar-refractivity contribution in [2.24, 2.45) is 0 Å². The lowest BCUT2D eigenvalue weighted by Crippen LogP contribution is -2.18. The van der Waals surface area contributed by atoms with Gasteiger partial charge in [0.15, 0.2) is 5.76 Å². The van der Waals surface area contributed by atoms with E-state index in [1.807, 2.05) is 12.1 Å². The molecule has 0 radical (unpaired) electrons. The van der Waals surface area contributed by atoms with Crippen molar-refractivity contribution >= 4 is 11.9 Å². The molecule has 7 heteroatoms. The Morgan fingerprint density at radius 1 is 1.10 bits per heavy atom. The van der Waals surface area contributed by atoms with Crippen LogP contribution in [0.15, 0.2) is 71.3 Å². The van der Waals surface area contributed by atoms with Crippen molar-refractivity contribution in [2.45, 2.75) is 26.3 Å². The second kappa shape index (κ2) is 8.32. The van der Waals surface area contributed by atoms with Crippen LogP contribution in [0.25, 0.3) is 11.6 Å². The maximum Gasteiger partial charge on any atom is 0.284 e. The summed E-state index contributed by atoms with van der Waals surface area (Å²) in [5.74, 6) is 0.0811. The monoisotopic (exact) mass is 404 g/mol. The van der Waals surface area contributed by atoms with Crippen LogP contribution in [0.5, 0.6) is 0 Å². The van der Waals surface area contributed by atoms with Gasteiger partial charge in [0.05, 0.1) is 11.8 Å². The van der Waals surface area contributed by atoms with E-state index in [-0.39, 0.29) is 17.3 Å². The molecule has 2 aromatic heterocycles. The number of rotatable bonds is 6. The first-order chi connectivity index (χ1) is 14.5. The number of carbonyl (C=O) groups is 1. The summed E-state index contributed by atoms with van der Waals surface area (Å²) in [5.41, 5.74) is 2.18. The van der Waals surface area contributed by atoms with E-state index in [4.69, 9.17) is 4.42 Å². The van der Waals surface area contributed by atoms with Gasteiger partial charge >= 0.3 is 0 Å². The van der Waals surface area contributed by atoms with Crippen LogP contribution in [0.1, 0.15) is 41.3 Å². The quantitative estimate of drug-likeness (QED) is 0.484. The summed E-state index contributed by atoms with van der Waals surface area (Å²) >= 11 is 0. The Labute approximate surface area is 173 Å². The minimum absolute atomic E-state index is 0.0854. The highest BCUT2D eigenvalue weighted by Crippen LogP contribution is 2.21. The van der Waals surface area contributed by atoms with Gasteiger partial charge in [-0.3, -0.25) is 4.79 Å². The highest BCUT2D eigenvalue weighted by Gasteiger charge is 2.21. The molecule has 6 nitrogen and oxygen atoms in total. The lowest BCUT2D eigenvalue weighted by atomic mass is 10.0. The van der Waals surface area contributed by atoms with Crippen LogP contribution < -0.4 is 5.32 Å². The molecule has 1 N–H and O–H groups in total. The third-order valence-electron chi connectivity index (χ3n) is 4.74. The van der Waals surface area contributed by atoms with Gasteiger partial charge in [-0.1, -0.05) is 50.2 Å². The highest BCUT2D eigenvalue weighted by molar-refractivity contribution is 5.97. The lowest BCUT2D eigenvalue weighted by molar-refractivity contribution is 0.0943. The zero-order valence-corrected chi connectivity index (χ0v) is 16.7. The minimum atomic E-state index is -0.618. The van der Waals surface area contributed by atoms with Crippen LogP contribution in [0.4, 0.5) is 10.3 Å². The van der Waals surface area contributed by atoms with Gasteiger partial charge in [0.1, 0.15) is 5.82 Å². The predicted octanol–water partition coefficient (Wildman–Crippen LogP) is 5.10. The molecule has 2 heterocycles. The van der Waals surface area contributed by atoms with Crippen molar-refractivity contribution in [1.82, 2.24) is 14.8 Å². The van der Waals surface area contributed by atoms with Gasteiger partial charge in [0.2, 0.25) is 11.8 Å². The number of aromatic nitrogens is 3. The molecule has 4 aromatic rings. The summed E-state index contributed by atoms with van der Waals surface area (Å²) < 4.78 is 20.6. The molecule has 0 unspecified atom stereocenters. The molecule has 0 saturated carbocycles. The summed E-state index contributed by atoms with van der Waals surface area (Å²) in [7, 11) is 0. The fourth-order valence-corrected chi connectivity index (χ4v) is 3.03. The first kappa shape index (κ1) is 19.6. The van der Waals surface area contributed by atoms with Gasteiger partial charge in [0.25, 0.3) is 5.91 Å². The molecule has 0 bridgehead atoms. The van der Waals surface area contributed by atoms with Crippen LogP contribution >= 0.6 is 0 Å². The van der Waals surface area contributed by atoms with Gasteiger partial charge in [-0.05, 0) is 41.3 Å². The van der Waals surface area contributed by atoms with Crippen molar-refractivity contribution in [2.75, 3.05) is 5.32 Å². The molecular weight excluding hydrogens is 383 g/mol. The topological polar surface area (TPSA) is 73.0 Å². The third kappa shape index (κ3) is 4.00. The number of halogens is 1. The van der Waals surface area contributed by atoms with Crippen LogP contribution in [-0.4, -0.2) is 20.7 Å². The van der Waals surface area contributed by atoms with E-state index >= 15 is 0 Å². The molecular formula is C23H21FN4O2. The molecule has 152 valence electrons. The van der Waals surface area contributed by atoms with Gasteiger partial charge < -0.3 is 9.73 Å². The number of nitrogens with one attached hydrogen (secondary N) is 1. The van der Waals surface area contributed by atoms with E-state index in [0.717, 1.165) is 10.2 Å². The second-order valence-electron chi connectivity index (χ2n) is 7.18. The largest absolute Gasteiger partial charge is 0.461 e. The Morgan fingerprint density at radius 2 is 1.87 bits per heavy atom. The maximum atomic E-state index is 14.2. The van der Waals surface area contributed by atoms with E-state index in [1.54, 1.807) is 18.2 Å². The maximum absolute atomic E-state index is 14.2. The SMILES string of the molecule is CC(C)c1ccc(CNc2nc(-c3ccco3)nn2C(=O)c2ccccc2F)cc1. The number of hydrogen-bond acceptors (Lipinski definition) is 5. The normalized spacial score (nSPS) is 11.1. The Morgan fingerprint density at radius 3 is 2.53 bits per heavy atom. The Kier molecular flexibility index (Phi) is 5.43. The summed E-state index contributed by atoms with van der Waals surface area (Å²) in [6.07, 6.45) is 1.50. The molecule has 0 atom stereocenters. The fraction of sp³-hybridized carbons (Fsp3) is 0.174.